The van der Waals surface area contributed by atoms with Crippen molar-refractivity contribution in [2.45, 2.75) is 13.3 Å². The van der Waals surface area contributed by atoms with Gasteiger partial charge in [0.05, 0.1) is 0 Å². The maximum Gasteiger partial charge on any atom is 0.0467 e. The van der Waals surface area contributed by atoms with Gasteiger partial charge in [0.1, 0.15) is 0 Å². The van der Waals surface area contributed by atoms with Crippen molar-refractivity contribution >= 4 is 9.73 Å². The van der Waals surface area contributed by atoms with E-state index >= 15 is 0 Å². The van der Waals surface area contributed by atoms with Gasteiger partial charge in [-0.2, -0.15) is 0 Å². The summed E-state index contributed by atoms with van der Waals surface area (Å²) in [6.07, 6.45) is 1.09. The Bertz CT molecular complexity index is 203. The van der Waals surface area contributed by atoms with Gasteiger partial charge in [-0.3, -0.25) is 0 Å². The molecule has 1 fully saturated rings. The van der Waals surface area contributed by atoms with E-state index in [0.29, 0.717) is 5.92 Å². The molecule has 0 aromatic heterocycles. The largest absolute Gasteiger partial charge is 0.250 e. The van der Waals surface area contributed by atoms with Crippen LogP contribution in [0.5, 0.6) is 0 Å². The van der Waals surface area contributed by atoms with E-state index in [1.807, 2.05) is 0 Å². The Hall–Kier alpha value is -0.0500. The maximum absolute atomic E-state index is 11.4. The molecule has 9 heavy (non-hydrogen) atoms. The van der Waals surface area contributed by atoms with Crippen LogP contribution in [0, 0.1) is 5.92 Å². The monoisotopic (exact) mass is 147 g/mol. The minimum atomic E-state index is -1.72. The molecule has 1 aliphatic heterocycles. The molecule has 0 saturated carbocycles. The molecule has 0 aromatic rings. The van der Waals surface area contributed by atoms with Crippen LogP contribution >= 0.6 is 0 Å². The highest BCUT2D eigenvalue weighted by atomic mass is 32.2. The number of hydrogen-bond donors (Lipinski definition) is 0. The first-order valence-corrected chi connectivity index (χ1v) is 5.12. The lowest BCUT2D eigenvalue weighted by molar-refractivity contribution is 0.662. The average Bonchev–Trinajstić information content (AvgIpc) is 2.13. The van der Waals surface area contributed by atoms with E-state index in [0.717, 1.165) is 17.9 Å². The predicted molar refractivity (Wildman–Crippen MR) is 40.0 cm³/mol. The Morgan fingerprint density at radius 3 is 2.56 bits per heavy atom. The van der Waals surface area contributed by atoms with Crippen molar-refractivity contribution in [1.82, 2.24) is 0 Å². The molecule has 1 saturated heterocycles. The second-order valence-electron chi connectivity index (χ2n) is 2.72. The summed E-state index contributed by atoms with van der Waals surface area (Å²) in [5, 5.41) is 0. The van der Waals surface area contributed by atoms with E-state index in [1.165, 1.54) is 0 Å². The van der Waals surface area contributed by atoms with Gasteiger partial charge in [-0.25, -0.2) is 8.57 Å². The van der Waals surface area contributed by atoms with E-state index in [1.54, 1.807) is 7.05 Å². The summed E-state index contributed by atoms with van der Waals surface area (Å²) in [4.78, 5) is 0. The van der Waals surface area contributed by atoms with Crippen molar-refractivity contribution in [3.63, 3.8) is 0 Å². The Balaban J connectivity index is 2.79. The van der Waals surface area contributed by atoms with Gasteiger partial charge in [-0.05, 0) is 12.3 Å². The quantitative estimate of drug-likeness (QED) is 0.505. The van der Waals surface area contributed by atoms with E-state index in [4.69, 9.17) is 0 Å². The normalized spacial score (nSPS) is 43.1. The minimum Gasteiger partial charge on any atom is -0.250 e. The molecule has 1 rings (SSSR count). The average molecular weight is 147 g/mol. The molecular weight excluding hydrogens is 134 g/mol. The summed E-state index contributed by atoms with van der Waals surface area (Å²) in [5.74, 6) is 2.27. The van der Waals surface area contributed by atoms with Crippen LogP contribution in [0.1, 0.15) is 13.3 Å². The van der Waals surface area contributed by atoms with E-state index in [2.05, 4.69) is 11.3 Å². The van der Waals surface area contributed by atoms with Crippen LogP contribution in [-0.2, 0) is 9.73 Å². The van der Waals surface area contributed by atoms with Gasteiger partial charge in [0.15, 0.2) is 0 Å². The van der Waals surface area contributed by atoms with E-state index in [-0.39, 0.29) is 0 Å². The Kier molecular flexibility index (Phi) is 1.80. The zero-order valence-corrected chi connectivity index (χ0v) is 6.78. The summed E-state index contributed by atoms with van der Waals surface area (Å²) in [7, 11) is -0.0488. The third kappa shape index (κ3) is 1.45. The second-order valence-corrected chi connectivity index (χ2v) is 5.37. The van der Waals surface area contributed by atoms with Crippen molar-refractivity contribution in [3.05, 3.63) is 0 Å². The van der Waals surface area contributed by atoms with Crippen molar-refractivity contribution in [1.29, 1.82) is 0 Å². The number of nitrogens with zero attached hydrogens (tertiary/aromatic N) is 1. The van der Waals surface area contributed by atoms with Gasteiger partial charge in [0, 0.05) is 28.3 Å². The van der Waals surface area contributed by atoms with Gasteiger partial charge in [0.2, 0.25) is 0 Å². The van der Waals surface area contributed by atoms with E-state index < -0.39 is 9.73 Å². The molecule has 54 valence electrons. The molecule has 0 aliphatic carbocycles. The summed E-state index contributed by atoms with van der Waals surface area (Å²) in [5.41, 5.74) is 0. The first-order valence-electron chi connectivity index (χ1n) is 3.27. The fraction of sp³-hybridized carbons (Fsp3) is 1.00. The van der Waals surface area contributed by atoms with Crippen LogP contribution < -0.4 is 0 Å². The van der Waals surface area contributed by atoms with Crippen LogP contribution in [-0.4, -0.2) is 22.8 Å². The second kappa shape index (κ2) is 2.29. The maximum atomic E-state index is 11.4. The molecule has 3 heteroatoms. The number of rotatable bonds is 0. The number of hydrogen-bond acceptors (Lipinski definition) is 2. The summed E-state index contributed by atoms with van der Waals surface area (Å²) < 4.78 is 15.3. The molecule has 1 aliphatic rings. The standard InChI is InChI=1S/C6H13NOS/c1-6-3-4-9(8,5-6)7-2/h6H,3-5H2,1-2H3. The first kappa shape index (κ1) is 7.06. The lowest BCUT2D eigenvalue weighted by atomic mass is 10.2. The zero-order valence-electron chi connectivity index (χ0n) is 5.96. The summed E-state index contributed by atoms with van der Waals surface area (Å²) in [6, 6.07) is 0. The van der Waals surface area contributed by atoms with Gasteiger partial charge in [0.25, 0.3) is 0 Å². The van der Waals surface area contributed by atoms with E-state index in [9.17, 15) is 4.21 Å². The summed E-state index contributed by atoms with van der Waals surface area (Å²) in [6.45, 7) is 2.14. The summed E-state index contributed by atoms with van der Waals surface area (Å²) >= 11 is 0. The van der Waals surface area contributed by atoms with Crippen LogP contribution in [0.2, 0.25) is 0 Å². The van der Waals surface area contributed by atoms with Gasteiger partial charge >= 0.3 is 0 Å². The Morgan fingerprint density at radius 2 is 2.33 bits per heavy atom. The molecule has 2 nitrogen and oxygen atoms in total. The van der Waals surface area contributed by atoms with Crippen molar-refractivity contribution in [2.75, 3.05) is 18.6 Å². The molecule has 0 radical (unpaired) electrons. The third-order valence-corrected chi connectivity index (χ3v) is 4.44. The molecular formula is C6H13NOS. The lowest BCUT2D eigenvalue weighted by Crippen LogP contribution is -2.01. The van der Waals surface area contributed by atoms with Crippen LogP contribution in [0.15, 0.2) is 4.36 Å². The van der Waals surface area contributed by atoms with Crippen LogP contribution in [0.3, 0.4) is 0 Å². The highest BCUT2D eigenvalue weighted by Gasteiger charge is 2.21. The molecule has 1 heterocycles. The smallest absolute Gasteiger partial charge is 0.0467 e. The van der Waals surface area contributed by atoms with Crippen LogP contribution in [0.4, 0.5) is 0 Å². The molecule has 0 N–H and O–H groups in total. The molecule has 0 amide bonds. The van der Waals surface area contributed by atoms with Crippen molar-refractivity contribution < 1.29 is 4.21 Å². The topological polar surface area (TPSA) is 29.4 Å². The highest BCUT2D eigenvalue weighted by molar-refractivity contribution is 7.93. The van der Waals surface area contributed by atoms with Crippen LogP contribution in [0.25, 0.3) is 0 Å². The SMILES string of the molecule is CN=S1(=O)CCC(C)C1. The fourth-order valence-electron chi connectivity index (χ4n) is 1.16. The third-order valence-electron chi connectivity index (χ3n) is 1.81. The van der Waals surface area contributed by atoms with Gasteiger partial charge < -0.3 is 0 Å². The predicted octanol–water partition coefficient (Wildman–Crippen LogP) is 1.12. The van der Waals surface area contributed by atoms with Crippen molar-refractivity contribution in [3.8, 4) is 0 Å². The lowest BCUT2D eigenvalue weighted by Gasteiger charge is -1.96. The molecule has 2 atom stereocenters. The molecule has 2 unspecified atom stereocenters. The minimum absolute atomic E-state index is 0.626. The Labute approximate surface area is 56.8 Å². The van der Waals surface area contributed by atoms with Gasteiger partial charge in [-0.15, -0.1) is 0 Å². The Morgan fingerprint density at radius 1 is 1.67 bits per heavy atom. The molecule has 0 bridgehead atoms. The zero-order chi connectivity index (χ0) is 6.91. The van der Waals surface area contributed by atoms with Gasteiger partial charge in [-0.1, -0.05) is 6.92 Å². The fourth-order valence-corrected chi connectivity index (χ4v) is 3.49. The molecule has 0 aromatic carbocycles. The molecule has 0 spiro atoms. The highest BCUT2D eigenvalue weighted by Crippen LogP contribution is 2.18. The first-order chi connectivity index (χ1) is 4.16. The van der Waals surface area contributed by atoms with Crippen molar-refractivity contribution in [2.24, 2.45) is 10.3 Å².